The molecule has 0 amide bonds. The van der Waals surface area contributed by atoms with Gasteiger partial charge in [0.05, 0.1) is 17.6 Å². The molecule has 2 fully saturated rings. The summed E-state index contributed by atoms with van der Waals surface area (Å²) in [6, 6.07) is 4.07. The molecule has 1 aromatic carbocycles. The van der Waals surface area contributed by atoms with E-state index in [2.05, 4.69) is 44.0 Å². The highest BCUT2D eigenvalue weighted by atomic mass is 32.2. The molecular weight excluding hydrogens is 571 g/mol. The third kappa shape index (κ3) is 6.54. The highest BCUT2D eigenvalue weighted by Crippen LogP contribution is 2.50. The Hall–Kier alpha value is -3.26. The van der Waals surface area contributed by atoms with Crippen molar-refractivity contribution in [3.05, 3.63) is 40.6 Å². The van der Waals surface area contributed by atoms with Gasteiger partial charge in [-0.25, -0.2) is 31.6 Å². The van der Waals surface area contributed by atoms with E-state index in [1.165, 1.54) is 22.9 Å². The Morgan fingerprint density at radius 2 is 1.83 bits per heavy atom. The smallest absolute Gasteiger partial charge is 0.278 e. The van der Waals surface area contributed by atoms with Gasteiger partial charge in [-0.05, 0) is 72.2 Å². The zero-order valence-electron chi connectivity index (χ0n) is 24.1. The number of sulfonamides is 1. The van der Waals surface area contributed by atoms with Crippen LogP contribution in [0.3, 0.4) is 0 Å². The number of rotatable bonds is 10. The topological polar surface area (TPSA) is 122 Å². The van der Waals surface area contributed by atoms with Gasteiger partial charge in [0.15, 0.2) is 5.65 Å². The van der Waals surface area contributed by atoms with Crippen molar-refractivity contribution in [3.8, 4) is 11.3 Å². The number of nitrogens with zero attached hydrogens (tertiary/aromatic N) is 5. The molecule has 5 rings (SSSR count). The van der Waals surface area contributed by atoms with E-state index in [-0.39, 0.29) is 41.9 Å². The second-order valence-electron chi connectivity index (χ2n) is 11.8. The number of hydrogen-bond acceptors (Lipinski definition) is 8. The number of fused-ring (bicyclic) bond motifs is 1. The number of aromatic nitrogens is 4. The fourth-order valence-electron chi connectivity index (χ4n) is 5.50. The summed E-state index contributed by atoms with van der Waals surface area (Å²) in [5, 5.41) is 3.39. The van der Waals surface area contributed by atoms with Crippen LogP contribution in [-0.4, -0.2) is 70.7 Å². The molecule has 2 aliphatic rings. The molecular formula is C28H36F3N7O3S. The molecule has 228 valence electrons. The molecule has 0 aliphatic heterocycles. The molecule has 2 saturated carbocycles. The second-order valence-corrected chi connectivity index (χ2v) is 13.7. The minimum absolute atomic E-state index is 0.0354. The summed E-state index contributed by atoms with van der Waals surface area (Å²) in [6.07, 6.45) is 5.07. The molecule has 2 heterocycles. The molecule has 10 nitrogen and oxygen atoms in total. The molecule has 0 saturated heterocycles. The third-order valence-corrected chi connectivity index (χ3v) is 9.41. The van der Waals surface area contributed by atoms with Crippen LogP contribution in [-0.2, 0) is 10.0 Å². The molecule has 42 heavy (non-hydrogen) atoms. The van der Waals surface area contributed by atoms with E-state index in [9.17, 15) is 22.0 Å². The van der Waals surface area contributed by atoms with Crippen molar-refractivity contribution in [1.82, 2.24) is 24.4 Å². The van der Waals surface area contributed by atoms with E-state index in [1.807, 2.05) is 13.8 Å². The standard InChI is InChI=1S/C28H36F3N7O3S/c1-16(2)38-25-23(15-32-27(35-25)33-19-6-8-20(9-7-19)37(3)4)34-24(26(38)39)17-5-10-22(21(29)13-17)36-42(40,41)12-11-18-14-28(18,30)31/h5,10,13,15-16,18-20,36H,6-9,11-12,14H2,1-4H3,(H,32,33,35)/t18?,19-,20-. The first-order valence-corrected chi connectivity index (χ1v) is 15.8. The molecule has 2 aliphatic carbocycles. The van der Waals surface area contributed by atoms with Gasteiger partial charge in [0.1, 0.15) is 17.0 Å². The van der Waals surface area contributed by atoms with Crippen molar-refractivity contribution in [3.63, 3.8) is 0 Å². The van der Waals surface area contributed by atoms with Gasteiger partial charge in [0, 0.05) is 36.0 Å². The molecule has 1 unspecified atom stereocenters. The Balaban J connectivity index is 1.37. The van der Waals surface area contributed by atoms with Gasteiger partial charge in [0.2, 0.25) is 16.0 Å². The van der Waals surface area contributed by atoms with Crippen LogP contribution in [0.2, 0.25) is 0 Å². The molecule has 14 heteroatoms. The summed E-state index contributed by atoms with van der Waals surface area (Å²) in [5.41, 5.74) is -0.00996. The van der Waals surface area contributed by atoms with Gasteiger partial charge in [0.25, 0.3) is 11.5 Å². The van der Waals surface area contributed by atoms with Crippen LogP contribution in [0.4, 0.5) is 24.8 Å². The Morgan fingerprint density at radius 1 is 1.14 bits per heavy atom. The van der Waals surface area contributed by atoms with Crippen molar-refractivity contribution in [2.24, 2.45) is 5.92 Å². The molecule has 2 N–H and O–H groups in total. The van der Waals surface area contributed by atoms with Gasteiger partial charge >= 0.3 is 0 Å². The summed E-state index contributed by atoms with van der Waals surface area (Å²) in [6.45, 7) is 3.66. The monoisotopic (exact) mass is 607 g/mol. The predicted molar refractivity (Wildman–Crippen MR) is 156 cm³/mol. The minimum atomic E-state index is -4.05. The van der Waals surface area contributed by atoms with Crippen molar-refractivity contribution >= 4 is 32.8 Å². The highest BCUT2D eigenvalue weighted by molar-refractivity contribution is 7.92. The zero-order valence-corrected chi connectivity index (χ0v) is 24.9. The van der Waals surface area contributed by atoms with E-state index in [4.69, 9.17) is 0 Å². The van der Waals surface area contributed by atoms with Gasteiger partial charge in [-0.2, -0.15) is 4.98 Å². The summed E-state index contributed by atoms with van der Waals surface area (Å²) >= 11 is 0. The Bertz CT molecular complexity index is 1640. The largest absolute Gasteiger partial charge is 0.351 e. The van der Waals surface area contributed by atoms with Crippen molar-refractivity contribution in [2.45, 2.75) is 76.4 Å². The molecule has 2 aromatic heterocycles. The lowest BCUT2D eigenvalue weighted by molar-refractivity contribution is 0.0983. The van der Waals surface area contributed by atoms with Gasteiger partial charge in [-0.15, -0.1) is 0 Å². The van der Waals surface area contributed by atoms with Crippen LogP contribution in [0.25, 0.3) is 22.4 Å². The maximum absolute atomic E-state index is 15.0. The van der Waals surface area contributed by atoms with Crippen LogP contribution >= 0.6 is 0 Å². The third-order valence-electron chi connectivity index (χ3n) is 8.11. The maximum atomic E-state index is 15.0. The lowest BCUT2D eigenvalue weighted by Crippen LogP contribution is -2.36. The molecule has 3 aromatic rings. The van der Waals surface area contributed by atoms with Gasteiger partial charge in [-0.3, -0.25) is 14.1 Å². The zero-order chi connectivity index (χ0) is 30.4. The summed E-state index contributed by atoms with van der Waals surface area (Å²) in [4.78, 5) is 29.3. The van der Waals surface area contributed by atoms with Gasteiger partial charge in [-0.1, -0.05) is 6.07 Å². The number of halogens is 3. The lowest BCUT2D eigenvalue weighted by atomic mass is 9.91. The SMILES string of the molecule is CC(C)n1c(=O)c(-c2ccc(NS(=O)(=O)CCC3CC3(F)F)c(F)c2)nc2cnc(N[C@H]3CC[C@H](N(C)C)CC3)nc21. The summed E-state index contributed by atoms with van der Waals surface area (Å²) < 4.78 is 69.5. The average molecular weight is 608 g/mol. The minimum Gasteiger partial charge on any atom is -0.351 e. The molecule has 0 spiro atoms. The quantitative estimate of drug-likeness (QED) is 0.342. The van der Waals surface area contributed by atoms with Crippen molar-refractivity contribution in [2.75, 3.05) is 29.9 Å². The first-order valence-electron chi connectivity index (χ1n) is 14.1. The molecule has 0 bridgehead atoms. The van der Waals surface area contributed by atoms with Crippen LogP contribution in [0.5, 0.6) is 0 Å². The van der Waals surface area contributed by atoms with Crippen molar-refractivity contribution < 1.29 is 21.6 Å². The fourth-order valence-corrected chi connectivity index (χ4v) is 6.70. The summed E-state index contributed by atoms with van der Waals surface area (Å²) in [5.74, 6) is -4.86. The number of hydrogen-bond donors (Lipinski definition) is 2. The van der Waals surface area contributed by atoms with E-state index in [0.717, 1.165) is 31.7 Å². The Morgan fingerprint density at radius 3 is 2.43 bits per heavy atom. The Kier molecular flexibility index (Phi) is 8.23. The first kappa shape index (κ1) is 30.2. The van der Waals surface area contributed by atoms with E-state index in [1.54, 1.807) is 0 Å². The van der Waals surface area contributed by atoms with Crippen LogP contribution in [0, 0.1) is 11.7 Å². The number of nitrogens with one attached hydrogen (secondary N) is 2. The van der Waals surface area contributed by atoms with Crippen LogP contribution in [0.1, 0.15) is 58.4 Å². The van der Waals surface area contributed by atoms with Crippen LogP contribution < -0.4 is 15.6 Å². The average Bonchev–Trinajstić information content (AvgIpc) is 3.54. The number of anilines is 2. The lowest BCUT2D eigenvalue weighted by Gasteiger charge is -2.32. The van der Waals surface area contributed by atoms with E-state index < -0.39 is 39.0 Å². The van der Waals surface area contributed by atoms with E-state index in [0.29, 0.717) is 23.2 Å². The molecule has 0 radical (unpaired) electrons. The highest BCUT2D eigenvalue weighted by Gasteiger charge is 2.56. The number of benzene rings is 1. The van der Waals surface area contributed by atoms with Crippen LogP contribution in [0.15, 0.2) is 29.2 Å². The predicted octanol–water partition coefficient (Wildman–Crippen LogP) is 4.65. The normalized spacial score (nSPS) is 22.1. The Labute approximate surface area is 242 Å². The molecule has 1 atom stereocenters. The van der Waals surface area contributed by atoms with E-state index >= 15 is 4.39 Å². The second kappa shape index (κ2) is 11.4. The number of alkyl halides is 2. The summed E-state index contributed by atoms with van der Waals surface area (Å²) in [7, 11) is 0.132. The maximum Gasteiger partial charge on any atom is 0.278 e. The van der Waals surface area contributed by atoms with Gasteiger partial charge < -0.3 is 10.2 Å². The fraction of sp³-hybridized carbons (Fsp3) is 0.571. The first-order chi connectivity index (χ1) is 19.7. The van der Waals surface area contributed by atoms with Crippen molar-refractivity contribution in [1.29, 1.82) is 0 Å².